The van der Waals surface area contributed by atoms with Crippen LogP contribution in [0.15, 0.2) is 48.5 Å². The molecule has 0 saturated carbocycles. The van der Waals surface area contributed by atoms with Gasteiger partial charge < -0.3 is 10.5 Å². The summed E-state index contributed by atoms with van der Waals surface area (Å²) >= 11 is 0. The molecule has 0 aliphatic carbocycles. The monoisotopic (exact) mass is 269 g/mol. The van der Waals surface area contributed by atoms with E-state index in [1.807, 2.05) is 31.2 Å². The summed E-state index contributed by atoms with van der Waals surface area (Å²) < 4.78 is 5.83. The molecule has 0 fully saturated rings. The van der Waals surface area contributed by atoms with Gasteiger partial charge in [0.25, 0.3) is 0 Å². The highest BCUT2D eigenvalue weighted by atomic mass is 16.5. The maximum atomic E-state index is 5.83. The van der Waals surface area contributed by atoms with Gasteiger partial charge in [0.05, 0.1) is 0 Å². The molecule has 0 amide bonds. The molecule has 2 aromatic carbocycles. The van der Waals surface area contributed by atoms with Crippen LogP contribution in [0, 0.1) is 6.92 Å². The zero-order valence-electron chi connectivity index (χ0n) is 12.3. The first-order valence-corrected chi connectivity index (χ1v) is 7.17. The van der Waals surface area contributed by atoms with Crippen LogP contribution in [0.5, 0.6) is 5.75 Å². The molecular weight excluding hydrogens is 246 g/mol. The number of benzene rings is 2. The van der Waals surface area contributed by atoms with E-state index in [4.69, 9.17) is 10.5 Å². The molecule has 20 heavy (non-hydrogen) atoms. The fourth-order valence-electron chi connectivity index (χ4n) is 2.08. The topological polar surface area (TPSA) is 35.2 Å². The Hall–Kier alpha value is -1.80. The average Bonchev–Trinajstić information content (AvgIpc) is 2.45. The predicted octanol–water partition coefficient (Wildman–Crippen LogP) is 3.85. The first-order chi connectivity index (χ1) is 9.65. The van der Waals surface area contributed by atoms with Crippen molar-refractivity contribution in [3.63, 3.8) is 0 Å². The van der Waals surface area contributed by atoms with E-state index in [0.29, 0.717) is 6.61 Å². The van der Waals surface area contributed by atoms with Gasteiger partial charge in [0.15, 0.2) is 0 Å². The summed E-state index contributed by atoms with van der Waals surface area (Å²) in [5, 5.41) is 0. The van der Waals surface area contributed by atoms with Crippen molar-refractivity contribution in [2.45, 2.75) is 39.3 Å². The van der Waals surface area contributed by atoms with Crippen LogP contribution in [0.1, 0.15) is 30.0 Å². The van der Waals surface area contributed by atoms with Crippen molar-refractivity contribution in [2.24, 2.45) is 5.73 Å². The van der Waals surface area contributed by atoms with E-state index in [9.17, 15) is 0 Å². The van der Waals surface area contributed by atoms with Crippen LogP contribution in [0.2, 0.25) is 0 Å². The lowest BCUT2D eigenvalue weighted by Gasteiger charge is -2.10. The number of rotatable bonds is 6. The fraction of sp³-hybridized carbons (Fsp3) is 0.333. The van der Waals surface area contributed by atoms with Crippen molar-refractivity contribution in [3.05, 3.63) is 65.2 Å². The molecule has 2 aromatic rings. The second-order valence-electron chi connectivity index (χ2n) is 5.38. The van der Waals surface area contributed by atoms with Crippen molar-refractivity contribution in [1.29, 1.82) is 0 Å². The van der Waals surface area contributed by atoms with E-state index in [2.05, 4.69) is 31.2 Å². The Morgan fingerprint density at radius 1 is 1.05 bits per heavy atom. The largest absolute Gasteiger partial charge is 0.489 e. The third-order valence-corrected chi connectivity index (χ3v) is 3.47. The summed E-state index contributed by atoms with van der Waals surface area (Å²) in [5.41, 5.74) is 9.58. The van der Waals surface area contributed by atoms with Crippen LogP contribution < -0.4 is 10.5 Å². The third-order valence-electron chi connectivity index (χ3n) is 3.47. The minimum atomic E-state index is 0.256. The van der Waals surface area contributed by atoms with Crippen molar-refractivity contribution < 1.29 is 4.74 Å². The number of nitrogens with two attached hydrogens (primary N) is 1. The quantitative estimate of drug-likeness (QED) is 0.864. The molecule has 2 heteroatoms. The minimum absolute atomic E-state index is 0.256. The Morgan fingerprint density at radius 2 is 1.75 bits per heavy atom. The van der Waals surface area contributed by atoms with Crippen molar-refractivity contribution in [2.75, 3.05) is 0 Å². The lowest BCUT2D eigenvalue weighted by Crippen LogP contribution is -2.15. The summed E-state index contributed by atoms with van der Waals surface area (Å²) in [6, 6.07) is 16.9. The Kier molecular flexibility index (Phi) is 5.19. The van der Waals surface area contributed by atoms with E-state index < -0.39 is 0 Å². The maximum absolute atomic E-state index is 5.83. The van der Waals surface area contributed by atoms with Crippen molar-refractivity contribution >= 4 is 0 Å². The van der Waals surface area contributed by atoms with Crippen LogP contribution in [-0.2, 0) is 13.0 Å². The molecular formula is C18H23NO. The van der Waals surface area contributed by atoms with Gasteiger partial charge in [-0.05, 0) is 55.5 Å². The lowest BCUT2D eigenvalue weighted by molar-refractivity contribution is 0.305. The lowest BCUT2D eigenvalue weighted by atomic mass is 10.1. The molecule has 1 unspecified atom stereocenters. The molecule has 0 aromatic heterocycles. The highest BCUT2D eigenvalue weighted by Crippen LogP contribution is 2.16. The molecule has 2 N–H and O–H groups in total. The zero-order chi connectivity index (χ0) is 14.4. The molecule has 2 nitrogen and oxygen atoms in total. The van der Waals surface area contributed by atoms with Gasteiger partial charge in [-0.2, -0.15) is 0 Å². The minimum Gasteiger partial charge on any atom is -0.489 e. The molecule has 106 valence electrons. The van der Waals surface area contributed by atoms with Crippen LogP contribution >= 0.6 is 0 Å². The van der Waals surface area contributed by atoms with Crippen molar-refractivity contribution in [1.82, 2.24) is 0 Å². The smallest absolute Gasteiger partial charge is 0.119 e. The number of aryl methyl sites for hydroxylation is 2. The third kappa shape index (κ3) is 4.39. The maximum Gasteiger partial charge on any atom is 0.119 e. The molecule has 0 saturated heterocycles. The molecule has 1 atom stereocenters. The molecule has 0 heterocycles. The average molecular weight is 269 g/mol. The van der Waals surface area contributed by atoms with Crippen LogP contribution in [0.3, 0.4) is 0 Å². The molecule has 0 bridgehead atoms. The van der Waals surface area contributed by atoms with Gasteiger partial charge in [0, 0.05) is 6.04 Å². The first-order valence-electron chi connectivity index (χ1n) is 7.17. The summed E-state index contributed by atoms with van der Waals surface area (Å²) in [4.78, 5) is 0. The van der Waals surface area contributed by atoms with Gasteiger partial charge in [-0.15, -0.1) is 0 Å². The second-order valence-corrected chi connectivity index (χ2v) is 5.38. The Balaban J connectivity index is 1.89. The van der Waals surface area contributed by atoms with Crippen LogP contribution in [0.4, 0.5) is 0 Å². The fourth-order valence-corrected chi connectivity index (χ4v) is 2.08. The normalized spacial score (nSPS) is 12.2. The summed E-state index contributed by atoms with van der Waals surface area (Å²) in [7, 11) is 0. The van der Waals surface area contributed by atoms with Gasteiger partial charge in [-0.3, -0.25) is 0 Å². The molecule has 0 aliphatic rings. The van der Waals surface area contributed by atoms with Gasteiger partial charge in [0.2, 0.25) is 0 Å². The molecule has 2 rings (SSSR count). The van der Waals surface area contributed by atoms with Gasteiger partial charge in [0.1, 0.15) is 12.4 Å². The number of ether oxygens (including phenoxy) is 1. The van der Waals surface area contributed by atoms with Gasteiger partial charge >= 0.3 is 0 Å². The highest BCUT2D eigenvalue weighted by molar-refractivity contribution is 5.29. The van der Waals surface area contributed by atoms with Crippen molar-refractivity contribution in [3.8, 4) is 5.75 Å². The predicted molar refractivity (Wildman–Crippen MR) is 83.9 cm³/mol. The summed E-state index contributed by atoms with van der Waals surface area (Å²) in [6.07, 6.45) is 2.04. The number of hydrogen-bond acceptors (Lipinski definition) is 2. The van der Waals surface area contributed by atoms with Gasteiger partial charge in [-0.1, -0.05) is 36.4 Å². The molecule has 0 spiro atoms. The molecule has 0 aliphatic heterocycles. The Bertz CT molecular complexity index is 531. The van der Waals surface area contributed by atoms with E-state index in [1.165, 1.54) is 16.7 Å². The molecule has 0 radical (unpaired) electrons. The van der Waals surface area contributed by atoms with E-state index in [-0.39, 0.29) is 6.04 Å². The van der Waals surface area contributed by atoms with Crippen LogP contribution in [0.25, 0.3) is 0 Å². The van der Waals surface area contributed by atoms with Gasteiger partial charge in [-0.25, -0.2) is 0 Å². The summed E-state index contributed by atoms with van der Waals surface area (Å²) in [5.74, 6) is 0.915. The second kappa shape index (κ2) is 7.11. The highest BCUT2D eigenvalue weighted by Gasteiger charge is 2.00. The van der Waals surface area contributed by atoms with Crippen LogP contribution in [-0.4, -0.2) is 6.04 Å². The number of hydrogen-bond donors (Lipinski definition) is 1. The Labute approximate surface area is 121 Å². The standard InChI is InChI=1S/C18H23NO/c1-14-5-3-4-6-17(14)13-20-18-11-9-16(10-12-18)8-7-15(2)19/h3-6,9-12,15H,7-8,13,19H2,1-2H3. The van der Waals surface area contributed by atoms with E-state index in [0.717, 1.165) is 18.6 Å². The zero-order valence-corrected chi connectivity index (χ0v) is 12.3. The SMILES string of the molecule is Cc1ccccc1COc1ccc(CCC(C)N)cc1. The Morgan fingerprint density at radius 3 is 2.40 bits per heavy atom. The summed E-state index contributed by atoms with van der Waals surface area (Å²) in [6.45, 7) is 4.77. The van der Waals surface area contributed by atoms with E-state index in [1.54, 1.807) is 0 Å². The van der Waals surface area contributed by atoms with E-state index >= 15 is 0 Å². The first kappa shape index (κ1) is 14.6.